The smallest absolute Gasteiger partial charge is 0.343 e. The lowest BCUT2D eigenvalue weighted by molar-refractivity contribution is 0.0733. The SMILES string of the molecule is CCOc1ccccc1/C=C/C(=O)c1ccc(OC(=O)c2cc(OC)c(OC)c(OC)c2)cc1. The van der Waals surface area contributed by atoms with Crippen LogP contribution in [0.25, 0.3) is 6.08 Å². The zero-order chi connectivity index (χ0) is 24.5. The standard InChI is InChI=1S/C27H26O7/c1-5-33-23-9-7-6-8-19(23)12-15-22(28)18-10-13-21(14-11-18)34-27(29)20-16-24(30-2)26(32-4)25(17-20)31-3/h6-17H,5H2,1-4H3/b15-12+. The van der Waals surface area contributed by atoms with Crippen molar-refractivity contribution >= 4 is 17.8 Å². The summed E-state index contributed by atoms with van der Waals surface area (Å²) in [5, 5.41) is 0. The molecule has 7 nitrogen and oxygen atoms in total. The average molecular weight is 462 g/mol. The van der Waals surface area contributed by atoms with E-state index in [1.54, 1.807) is 30.3 Å². The second kappa shape index (κ2) is 11.6. The first kappa shape index (κ1) is 24.4. The van der Waals surface area contributed by atoms with Gasteiger partial charge in [-0.3, -0.25) is 4.79 Å². The van der Waals surface area contributed by atoms with Crippen LogP contribution in [0.3, 0.4) is 0 Å². The van der Waals surface area contributed by atoms with Crippen LogP contribution in [0.15, 0.2) is 66.7 Å². The molecule has 7 heteroatoms. The number of ketones is 1. The third kappa shape index (κ3) is 5.75. The fourth-order valence-corrected chi connectivity index (χ4v) is 3.22. The quantitative estimate of drug-likeness (QED) is 0.177. The second-order valence-electron chi connectivity index (χ2n) is 7.00. The molecule has 0 saturated carbocycles. The highest BCUT2D eigenvalue weighted by atomic mass is 16.5. The lowest BCUT2D eigenvalue weighted by atomic mass is 10.1. The molecule has 0 aliphatic rings. The van der Waals surface area contributed by atoms with Gasteiger partial charge >= 0.3 is 5.97 Å². The van der Waals surface area contributed by atoms with E-state index < -0.39 is 5.97 Å². The Morgan fingerprint density at radius 3 is 2.03 bits per heavy atom. The van der Waals surface area contributed by atoms with Gasteiger partial charge in [0, 0.05) is 11.1 Å². The Kier molecular flexibility index (Phi) is 8.29. The Morgan fingerprint density at radius 2 is 1.44 bits per heavy atom. The summed E-state index contributed by atoms with van der Waals surface area (Å²) < 4.78 is 26.8. The molecule has 0 atom stereocenters. The Morgan fingerprint density at radius 1 is 0.794 bits per heavy atom. The Labute approximate surface area is 198 Å². The first-order valence-electron chi connectivity index (χ1n) is 10.6. The summed E-state index contributed by atoms with van der Waals surface area (Å²) in [6.07, 6.45) is 3.19. The molecule has 0 spiro atoms. The van der Waals surface area contributed by atoms with Crippen LogP contribution in [0, 0.1) is 0 Å². The molecule has 34 heavy (non-hydrogen) atoms. The van der Waals surface area contributed by atoms with E-state index in [9.17, 15) is 9.59 Å². The van der Waals surface area contributed by atoms with Crippen molar-refractivity contribution in [3.05, 3.63) is 83.4 Å². The van der Waals surface area contributed by atoms with E-state index in [4.69, 9.17) is 23.7 Å². The molecule has 0 heterocycles. The number of benzene rings is 3. The van der Waals surface area contributed by atoms with Crippen molar-refractivity contribution in [3.63, 3.8) is 0 Å². The summed E-state index contributed by atoms with van der Waals surface area (Å²) >= 11 is 0. The van der Waals surface area contributed by atoms with Crippen LogP contribution >= 0.6 is 0 Å². The summed E-state index contributed by atoms with van der Waals surface area (Å²) in [5.41, 5.74) is 1.50. The molecule has 3 aromatic carbocycles. The number of ether oxygens (including phenoxy) is 5. The number of carbonyl (C=O) groups is 2. The number of esters is 1. The largest absolute Gasteiger partial charge is 0.493 e. The highest BCUT2D eigenvalue weighted by molar-refractivity contribution is 6.07. The normalized spacial score (nSPS) is 10.6. The van der Waals surface area contributed by atoms with Gasteiger partial charge in [0.15, 0.2) is 17.3 Å². The third-order valence-electron chi connectivity index (χ3n) is 4.88. The van der Waals surface area contributed by atoms with E-state index in [1.807, 2.05) is 31.2 Å². The number of carbonyl (C=O) groups excluding carboxylic acids is 2. The van der Waals surface area contributed by atoms with Gasteiger partial charge < -0.3 is 23.7 Å². The highest BCUT2D eigenvalue weighted by Gasteiger charge is 2.18. The van der Waals surface area contributed by atoms with E-state index in [0.29, 0.717) is 40.9 Å². The number of rotatable bonds is 10. The number of allylic oxidation sites excluding steroid dienone is 1. The highest BCUT2D eigenvalue weighted by Crippen LogP contribution is 2.38. The maximum atomic E-state index is 12.6. The molecular weight excluding hydrogens is 436 g/mol. The first-order chi connectivity index (χ1) is 16.5. The van der Waals surface area contributed by atoms with Gasteiger partial charge in [-0.2, -0.15) is 0 Å². The van der Waals surface area contributed by atoms with Gasteiger partial charge in [-0.05, 0) is 61.5 Å². The van der Waals surface area contributed by atoms with Gasteiger partial charge in [0.1, 0.15) is 11.5 Å². The van der Waals surface area contributed by atoms with Crippen molar-refractivity contribution < 1.29 is 33.3 Å². The molecule has 176 valence electrons. The maximum absolute atomic E-state index is 12.6. The topological polar surface area (TPSA) is 80.3 Å². The molecule has 0 N–H and O–H groups in total. The van der Waals surface area contributed by atoms with E-state index in [-0.39, 0.29) is 11.3 Å². The van der Waals surface area contributed by atoms with Crippen molar-refractivity contribution in [2.45, 2.75) is 6.92 Å². The minimum absolute atomic E-state index is 0.186. The molecule has 3 rings (SSSR count). The van der Waals surface area contributed by atoms with Crippen LogP contribution in [0.4, 0.5) is 0 Å². The molecule has 0 aliphatic heterocycles. The summed E-state index contributed by atoms with van der Waals surface area (Å²) in [5.74, 6) is 1.27. The van der Waals surface area contributed by atoms with Gasteiger partial charge in [0.05, 0.1) is 33.5 Å². The van der Waals surface area contributed by atoms with E-state index in [2.05, 4.69) is 0 Å². The fourth-order valence-electron chi connectivity index (χ4n) is 3.22. The lowest BCUT2D eigenvalue weighted by Crippen LogP contribution is -2.10. The lowest BCUT2D eigenvalue weighted by Gasteiger charge is -2.13. The molecule has 0 unspecified atom stereocenters. The fraction of sp³-hybridized carbons (Fsp3) is 0.185. The zero-order valence-corrected chi connectivity index (χ0v) is 19.5. The monoisotopic (exact) mass is 462 g/mol. The summed E-state index contributed by atoms with van der Waals surface area (Å²) in [6, 6.07) is 16.8. The Bertz CT molecular complexity index is 1150. The van der Waals surface area contributed by atoms with Crippen molar-refractivity contribution in [1.82, 2.24) is 0 Å². The molecule has 0 radical (unpaired) electrons. The van der Waals surface area contributed by atoms with Crippen molar-refractivity contribution in [2.75, 3.05) is 27.9 Å². The average Bonchev–Trinajstić information content (AvgIpc) is 2.87. The molecule has 0 fully saturated rings. The van der Waals surface area contributed by atoms with E-state index in [1.165, 1.54) is 39.5 Å². The molecule has 0 amide bonds. The Hall–Kier alpha value is -4.26. The van der Waals surface area contributed by atoms with Crippen LogP contribution < -0.4 is 23.7 Å². The molecule has 0 aromatic heterocycles. The van der Waals surface area contributed by atoms with Gasteiger partial charge in [-0.1, -0.05) is 18.2 Å². The molecule has 0 aliphatic carbocycles. The Balaban J connectivity index is 1.71. The zero-order valence-electron chi connectivity index (χ0n) is 19.5. The van der Waals surface area contributed by atoms with Crippen LogP contribution in [0.1, 0.15) is 33.2 Å². The molecule has 0 bridgehead atoms. The first-order valence-corrected chi connectivity index (χ1v) is 10.6. The van der Waals surface area contributed by atoms with Gasteiger partial charge in [0.2, 0.25) is 5.75 Å². The van der Waals surface area contributed by atoms with Crippen LogP contribution in [0.5, 0.6) is 28.7 Å². The third-order valence-corrected chi connectivity index (χ3v) is 4.88. The number of hydrogen-bond donors (Lipinski definition) is 0. The summed E-state index contributed by atoms with van der Waals surface area (Å²) in [6.45, 7) is 2.44. The van der Waals surface area contributed by atoms with Gasteiger partial charge in [-0.25, -0.2) is 4.79 Å². The molecular formula is C27H26O7. The van der Waals surface area contributed by atoms with Crippen LogP contribution in [0.2, 0.25) is 0 Å². The summed E-state index contributed by atoms with van der Waals surface area (Å²) in [7, 11) is 4.41. The van der Waals surface area contributed by atoms with Gasteiger partial charge in [-0.15, -0.1) is 0 Å². The number of hydrogen-bond acceptors (Lipinski definition) is 7. The van der Waals surface area contributed by atoms with E-state index >= 15 is 0 Å². The minimum atomic E-state index is -0.606. The van der Waals surface area contributed by atoms with Crippen molar-refractivity contribution in [3.8, 4) is 28.7 Å². The summed E-state index contributed by atoms with van der Waals surface area (Å²) in [4.78, 5) is 25.2. The van der Waals surface area contributed by atoms with Crippen molar-refractivity contribution in [1.29, 1.82) is 0 Å². The van der Waals surface area contributed by atoms with Crippen LogP contribution in [-0.4, -0.2) is 39.7 Å². The van der Waals surface area contributed by atoms with Crippen LogP contribution in [-0.2, 0) is 0 Å². The predicted molar refractivity (Wildman–Crippen MR) is 128 cm³/mol. The number of methoxy groups -OCH3 is 3. The van der Waals surface area contributed by atoms with Crippen molar-refractivity contribution in [2.24, 2.45) is 0 Å². The maximum Gasteiger partial charge on any atom is 0.343 e. The number of para-hydroxylation sites is 1. The minimum Gasteiger partial charge on any atom is -0.493 e. The molecule has 0 saturated heterocycles. The van der Waals surface area contributed by atoms with E-state index in [0.717, 1.165) is 5.56 Å². The second-order valence-corrected chi connectivity index (χ2v) is 7.00. The molecule has 3 aromatic rings. The van der Waals surface area contributed by atoms with Gasteiger partial charge in [0.25, 0.3) is 0 Å². The predicted octanol–water partition coefficient (Wildman–Crippen LogP) is 5.23.